The molecule has 2 aromatic carbocycles. The van der Waals surface area contributed by atoms with Gasteiger partial charge in [-0.1, -0.05) is 25.1 Å². The number of para-hydroxylation sites is 1. The van der Waals surface area contributed by atoms with Gasteiger partial charge in [0.15, 0.2) is 0 Å². The summed E-state index contributed by atoms with van der Waals surface area (Å²) in [5.41, 5.74) is -0.803. The highest BCUT2D eigenvalue weighted by molar-refractivity contribution is 6.05. The molecular weight excluding hydrogens is 486 g/mol. The lowest BCUT2D eigenvalue weighted by Crippen LogP contribution is -2.54. The molecule has 3 unspecified atom stereocenters. The Morgan fingerprint density at radius 1 is 1.05 bits per heavy atom. The first-order valence-electron chi connectivity index (χ1n) is 13.2. The zero-order valence-corrected chi connectivity index (χ0v) is 22.0. The Morgan fingerprint density at radius 2 is 1.71 bits per heavy atom. The third-order valence-electron chi connectivity index (χ3n) is 8.55. The molecule has 9 heteroatoms. The summed E-state index contributed by atoms with van der Waals surface area (Å²) >= 11 is 0. The topological polar surface area (TPSA) is 117 Å². The van der Waals surface area contributed by atoms with E-state index >= 15 is 0 Å². The number of nitrogens with one attached hydrogen (secondary N) is 2. The molecule has 2 bridgehead atoms. The molecule has 3 aliphatic heterocycles. The average Bonchev–Trinajstić information content (AvgIpc) is 3.42. The van der Waals surface area contributed by atoms with Crippen molar-refractivity contribution in [2.24, 2.45) is 17.8 Å². The number of unbranched alkanes of at least 4 members (excludes halogenated alkanes) is 1. The smallest absolute Gasteiger partial charge is 0.250 e. The van der Waals surface area contributed by atoms with E-state index in [0.29, 0.717) is 42.9 Å². The van der Waals surface area contributed by atoms with E-state index in [1.165, 1.54) is 0 Å². The molecule has 3 fully saturated rings. The predicted octanol–water partition coefficient (Wildman–Crippen LogP) is 3.06. The van der Waals surface area contributed by atoms with Crippen molar-refractivity contribution in [3.63, 3.8) is 0 Å². The van der Waals surface area contributed by atoms with Crippen LogP contribution in [0, 0.1) is 17.8 Å². The molecule has 1 spiro atoms. The van der Waals surface area contributed by atoms with Crippen molar-refractivity contribution in [2.45, 2.75) is 50.4 Å². The van der Waals surface area contributed by atoms with Crippen LogP contribution in [0.15, 0.2) is 54.6 Å². The maximum absolute atomic E-state index is 14.0. The number of benzene rings is 2. The number of fused-ring (bicyclic) bond motifs is 1. The monoisotopic (exact) mass is 521 g/mol. The summed E-state index contributed by atoms with van der Waals surface area (Å²) in [5.74, 6) is -1.80. The first-order chi connectivity index (χ1) is 18.2. The number of nitrogens with zero attached hydrogens (tertiary/aromatic N) is 1. The van der Waals surface area contributed by atoms with Gasteiger partial charge in [0.2, 0.25) is 17.7 Å². The second-order valence-corrected chi connectivity index (χ2v) is 10.7. The van der Waals surface area contributed by atoms with E-state index in [-0.39, 0.29) is 30.2 Å². The molecule has 9 nitrogen and oxygen atoms in total. The van der Waals surface area contributed by atoms with Gasteiger partial charge in [0.25, 0.3) is 0 Å². The Balaban J connectivity index is 1.50. The van der Waals surface area contributed by atoms with Crippen molar-refractivity contribution in [3.8, 4) is 5.75 Å². The van der Waals surface area contributed by atoms with Crippen LogP contribution in [0.1, 0.15) is 33.1 Å². The molecule has 5 rings (SSSR count). The largest absolute Gasteiger partial charge is 0.497 e. The maximum Gasteiger partial charge on any atom is 0.250 e. The van der Waals surface area contributed by atoms with Crippen LogP contribution in [0.2, 0.25) is 0 Å². The number of aliphatic hydroxyl groups is 1. The highest BCUT2D eigenvalue weighted by Crippen LogP contribution is 2.65. The minimum Gasteiger partial charge on any atom is -0.497 e. The number of ether oxygens (including phenoxy) is 2. The highest BCUT2D eigenvalue weighted by atomic mass is 16.5. The van der Waals surface area contributed by atoms with Crippen molar-refractivity contribution in [2.75, 3.05) is 30.9 Å². The van der Waals surface area contributed by atoms with Gasteiger partial charge < -0.3 is 30.1 Å². The van der Waals surface area contributed by atoms with Crippen LogP contribution < -0.4 is 15.4 Å². The summed E-state index contributed by atoms with van der Waals surface area (Å²) in [6.07, 6.45) is 1.53. The number of hydrogen-bond donors (Lipinski definition) is 3. The molecule has 38 heavy (non-hydrogen) atoms. The number of methoxy groups -OCH3 is 1. The van der Waals surface area contributed by atoms with Gasteiger partial charge in [-0.3, -0.25) is 14.4 Å². The molecule has 0 aromatic heterocycles. The van der Waals surface area contributed by atoms with Crippen molar-refractivity contribution in [1.82, 2.24) is 4.90 Å². The SMILES string of the molecule is COc1ccc(NC(=O)C2N(CCCCO)C(=O)[C@@H]3[C@@H](C(=O)Nc4ccccc4)[C@]4(C)OC23CC4C)cc1. The Labute approximate surface area is 222 Å². The van der Waals surface area contributed by atoms with Gasteiger partial charge in [0.1, 0.15) is 17.4 Å². The fourth-order valence-corrected chi connectivity index (χ4v) is 6.70. The summed E-state index contributed by atoms with van der Waals surface area (Å²) in [6.45, 7) is 4.19. The number of aliphatic hydroxyl groups excluding tert-OH is 1. The minimum absolute atomic E-state index is 0.00692. The maximum atomic E-state index is 14.0. The summed E-state index contributed by atoms with van der Waals surface area (Å²) in [7, 11) is 1.57. The predicted molar refractivity (Wildman–Crippen MR) is 141 cm³/mol. The number of anilines is 2. The molecule has 0 saturated carbocycles. The van der Waals surface area contributed by atoms with Crippen LogP contribution in [0.3, 0.4) is 0 Å². The van der Waals surface area contributed by atoms with Crippen LogP contribution >= 0.6 is 0 Å². The van der Waals surface area contributed by atoms with E-state index in [1.807, 2.05) is 32.0 Å². The van der Waals surface area contributed by atoms with Gasteiger partial charge >= 0.3 is 0 Å². The zero-order valence-electron chi connectivity index (χ0n) is 22.0. The third-order valence-corrected chi connectivity index (χ3v) is 8.55. The number of amides is 3. The second kappa shape index (κ2) is 10.0. The van der Waals surface area contributed by atoms with Crippen molar-refractivity contribution < 1.29 is 29.0 Å². The van der Waals surface area contributed by atoms with Crippen LogP contribution in [0.5, 0.6) is 5.75 Å². The number of carbonyl (C=O) groups is 3. The average molecular weight is 522 g/mol. The van der Waals surface area contributed by atoms with Gasteiger partial charge in [-0.15, -0.1) is 0 Å². The molecule has 3 N–H and O–H groups in total. The molecule has 3 aliphatic rings. The van der Waals surface area contributed by atoms with Crippen LogP contribution in [-0.2, 0) is 19.1 Å². The molecular formula is C29H35N3O6. The van der Waals surface area contributed by atoms with E-state index in [0.717, 1.165) is 0 Å². The number of rotatable bonds is 9. The first-order valence-corrected chi connectivity index (χ1v) is 13.2. The molecule has 3 heterocycles. The minimum atomic E-state index is -1.13. The van der Waals surface area contributed by atoms with Gasteiger partial charge in [-0.05, 0) is 68.5 Å². The summed E-state index contributed by atoms with van der Waals surface area (Å²) in [5, 5.41) is 15.3. The molecule has 0 aliphatic carbocycles. The molecule has 6 atom stereocenters. The first kappa shape index (κ1) is 26.2. The Hall–Kier alpha value is -3.43. The van der Waals surface area contributed by atoms with E-state index in [9.17, 15) is 19.5 Å². The van der Waals surface area contributed by atoms with Gasteiger partial charge in [-0.2, -0.15) is 0 Å². The number of likely N-dealkylation sites (tertiary alicyclic amines) is 1. The lowest BCUT2D eigenvalue weighted by molar-refractivity contribution is -0.144. The second-order valence-electron chi connectivity index (χ2n) is 10.7. The van der Waals surface area contributed by atoms with Gasteiger partial charge in [-0.25, -0.2) is 0 Å². The zero-order chi connectivity index (χ0) is 27.1. The Morgan fingerprint density at radius 3 is 2.37 bits per heavy atom. The van der Waals surface area contributed by atoms with E-state index in [4.69, 9.17) is 9.47 Å². The van der Waals surface area contributed by atoms with Crippen molar-refractivity contribution in [3.05, 3.63) is 54.6 Å². The normalized spacial score (nSPS) is 31.3. The number of hydrogen-bond acceptors (Lipinski definition) is 6. The van der Waals surface area contributed by atoms with Crippen LogP contribution in [-0.4, -0.2) is 65.2 Å². The third kappa shape index (κ3) is 4.14. The van der Waals surface area contributed by atoms with Crippen LogP contribution in [0.4, 0.5) is 11.4 Å². The van der Waals surface area contributed by atoms with Crippen LogP contribution in [0.25, 0.3) is 0 Å². The molecule has 202 valence electrons. The Kier molecular flexibility index (Phi) is 6.92. The molecule has 3 saturated heterocycles. The van der Waals surface area contributed by atoms with Gasteiger partial charge in [0, 0.05) is 24.5 Å². The number of carbonyl (C=O) groups excluding carboxylic acids is 3. The van der Waals surface area contributed by atoms with E-state index < -0.39 is 29.1 Å². The molecule has 2 aromatic rings. The molecule has 0 radical (unpaired) electrons. The fraction of sp³-hybridized carbons (Fsp3) is 0.483. The summed E-state index contributed by atoms with van der Waals surface area (Å²) in [4.78, 5) is 43.2. The van der Waals surface area contributed by atoms with Crippen molar-refractivity contribution in [1.29, 1.82) is 0 Å². The van der Waals surface area contributed by atoms with Gasteiger partial charge in [0.05, 0.1) is 24.5 Å². The summed E-state index contributed by atoms with van der Waals surface area (Å²) < 4.78 is 11.9. The lowest BCUT2D eigenvalue weighted by Gasteiger charge is -2.36. The summed E-state index contributed by atoms with van der Waals surface area (Å²) in [6, 6.07) is 15.2. The van der Waals surface area contributed by atoms with E-state index in [2.05, 4.69) is 10.6 Å². The quantitative estimate of drug-likeness (QED) is 0.437. The van der Waals surface area contributed by atoms with E-state index in [1.54, 1.807) is 48.4 Å². The Bertz CT molecular complexity index is 1200. The molecule has 3 amide bonds. The van der Waals surface area contributed by atoms with Crippen molar-refractivity contribution >= 4 is 29.1 Å². The lowest BCUT2D eigenvalue weighted by atomic mass is 9.62. The standard InChI is InChI=1S/C29H35N3O6/c1-18-17-29-23(22(28(18,2)38-29)25(34)30-19-9-5-4-6-10-19)27(36)32(15-7-8-16-33)24(29)26(35)31-20-11-13-21(37-3)14-12-20/h4-6,9-14,18,22-24,33H,7-8,15-17H2,1-3H3,(H,30,34)(H,31,35)/t18?,22-,23-,24?,28+,29?/m0/s1. The highest BCUT2D eigenvalue weighted by Gasteiger charge is 2.79. The fourth-order valence-electron chi connectivity index (χ4n) is 6.70.